The molecule has 0 fully saturated rings. The van der Waals surface area contributed by atoms with Gasteiger partial charge in [0.05, 0.1) is 0 Å². The molecule has 0 saturated heterocycles. The Labute approximate surface area is 102 Å². The Kier molecular flexibility index (Phi) is 8.35. The largest absolute Gasteiger partial charge is 1.00 e. The van der Waals surface area contributed by atoms with E-state index < -0.39 is 25.8 Å². The van der Waals surface area contributed by atoms with Gasteiger partial charge in [-0.05, 0) is 0 Å². The molecule has 0 spiro atoms. The Bertz CT molecular complexity index is 357. The fourth-order valence-electron chi connectivity index (χ4n) is 0.162. The molecule has 0 N–H and O–H groups in total. The molecule has 0 radical (unpaired) electrons. The zero-order valence-electron chi connectivity index (χ0n) is 6.94. The van der Waals surface area contributed by atoms with Gasteiger partial charge in [-0.2, -0.15) is 13.2 Å². The van der Waals surface area contributed by atoms with Gasteiger partial charge in [-0.3, -0.25) is 8.42 Å². The summed E-state index contributed by atoms with van der Waals surface area (Å²) in [6, 6.07) is 0. The third kappa shape index (κ3) is 7.14. The van der Waals surface area contributed by atoms with Crippen molar-refractivity contribution in [3.63, 3.8) is 0 Å². The van der Waals surface area contributed by atoms with Crippen LogP contribution in [0.5, 0.6) is 0 Å². The van der Waals surface area contributed by atoms with Crippen molar-refractivity contribution < 1.29 is 72.3 Å². The fourth-order valence-corrected chi connectivity index (χ4v) is 1.46. The first kappa shape index (κ1) is 20.2. The molecule has 0 unspecified atom stereocenters. The van der Waals surface area contributed by atoms with Gasteiger partial charge in [0.25, 0.3) is 0 Å². The second kappa shape index (κ2) is 5.77. The van der Waals surface area contributed by atoms with Gasteiger partial charge in [0.2, 0.25) is 0 Å². The predicted molar refractivity (Wildman–Crippen MR) is 28.0 cm³/mol. The number of alkyl halides is 3. The van der Waals surface area contributed by atoms with E-state index in [0.29, 0.717) is 0 Å². The molecule has 0 atom stereocenters. The normalized spacial score (nSPS) is 12.6. The topological polar surface area (TPSA) is 105 Å². The molecule has 0 aliphatic rings. The molecule has 0 aromatic heterocycles. The van der Waals surface area contributed by atoms with E-state index in [-0.39, 0.29) is 37.7 Å². The maximum atomic E-state index is 11.3. The van der Waals surface area contributed by atoms with Crippen molar-refractivity contribution in [2.45, 2.75) is 5.51 Å². The Hall–Kier alpha value is 0.805. The summed E-state index contributed by atoms with van der Waals surface area (Å²) in [6.07, 6.45) is 0. The SMILES string of the molecule is O=S(=O)([O-])[N-]S(=O)(=O)C(F)(F)F.[Li+].[Li+]. The van der Waals surface area contributed by atoms with Crippen LogP contribution in [0, 0.1) is 0 Å². The van der Waals surface area contributed by atoms with Crippen molar-refractivity contribution >= 4 is 20.3 Å². The Balaban J connectivity index is -0.000000605. The first-order chi connectivity index (χ1) is 4.96. The van der Waals surface area contributed by atoms with Gasteiger partial charge in [0.15, 0.2) is 10.0 Å². The van der Waals surface area contributed by atoms with Gasteiger partial charge in [0, 0.05) is 10.3 Å². The monoisotopic (exact) mass is 241 g/mol. The standard InChI is InChI=1S/CHF3NO5S2.2Li/c2-1(3,4)11(6,7)5-12(8,9)10;;/h(H,8,9,10);;/q-1;2*+1/p-1. The molecular weight excluding hydrogens is 241 g/mol. The number of hydrogen-bond acceptors (Lipinski definition) is 5. The van der Waals surface area contributed by atoms with Crippen LogP contribution in [0.15, 0.2) is 0 Å². The molecule has 0 aliphatic carbocycles. The molecule has 0 saturated carbocycles. The van der Waals surface area contributed by atoms with Crippen molar-refractivity contribution in [1.82, 2.24) is 0 Å². The smallest absolute Gasteiger partial charge is 0.763 e. The first-order valence-electron chi connectivity index (χ1n) is 1.97. The second-order valence-corrected chi connectivity index (χ2v) is 4.29. The van der Waals surface area contributed by atoms with Crippen LogP contribution in [-0.4, -0.2) is 26.9 Å². The molecular formula is CF3Li2NO5S2. The van der Waals surface area contributed by atoms with E-state index in [1.54, 1.807) is 0 Å². The van der Waals surface area contributed by atoms with Crippen LogP contribution in [0.25, 0.3) is 4.13 Å². The zero-order valence-corrected chi connectivity index (χ0v) is 8.57. The maximum absolute atomic E-state index is 11.3. The Morgan fingerprint density at radius 1 is 1.00 bits per heavy atom. The molecule has 0 amide bonds. The maximum Gasteiger partial charge on any atom is 1.00 e. The molecule has 0 bridgehead atoms. The summed E-state index contributed by atoms with van der Waals surface area (Å²) >= 11 is 0. The Morgan fingerprint density at radius 2 is 1.29 bits per heavy atom. The van der Waals surface area contributed by atoms with Crippen LogP contribution in [0.3, 0.4) is 0 Å². The summed E-state index contributed by atoms with van der Waals surface area (Å²) in [5.74, 6) is 0. The average Bonchev–Trinajstić information content (AvgIpc) is 1.52. The van der Waals surface area contributed by atoms with E-state index in [1.165, 1.54) is 0 Å². The Morgan fingerprint density at radius 3 is 1.36 bits per heavy atom. The molecule has 6 nitrogen and oxygen atoms in total. The summed E-state index contributed by atoms with van der Waals surface area (Å²) in [5, 5.41) is 0. The van der Waals surface area contributed by atoms with Crippen LogP contribution in [0.1, 0.15) is 0 Å². The van der Waals surface area contributed by atoms with E-state index in [0.717, 1.165) is 4.13 Å². The minimum absolute atomic E-state index is 0. The summed E-state index contributed by atoms with van der Waals surface area (Å²) in [6.45, 7) is 0. The molecule has 0 aromatic carbocycles. The quantitative estimate of drug-likeness (QED) is 0.353. The second-order valence-electron chi connectivity index (χ2n) is 1.42. The van der Waals surface area contributed by atoms with Crippen LogP contribution < -0.4 is 37.7 Å². The molecule has 74 valence electrons. The summed E-state index contributed by atoms with van der Waals surface area (Å²) in [4.78, 5) is 0. The van der Waals surface area contributed by atoms with Gasteiger partial charge in [0.1, 0.15) is 0 Å². The van der Waals surface area contributed by atoms with Crippen molar-refractivity contribution in [3.05, 3.63) is 4.13 Å². The zero-order chi connectivity index (χ0) is 10.2. The summed E-state index contributed by atoms with van der Waals surface area (Å²) in [7, 11) is -12.0. The van der Waals surface area contributed by atoms with Crippen LogP contribution in [0.4, 0.5) is 13.2 Å². The summed E-state index contributed by atoms with van der Waals surface area (Å²) < 4.78 is 83.0. The fraction of sp³-hybridized carbons (Fsp3) is 1.00. The first-order valence-corrected chi connectivity index (χ1v) is 4.77. The number of rotatable bonds is 2. The molecule has 0 rings (SSSR count). The van der Waals surface area contributed by atoms with Crippen molar-refractivity contribution in [2.24, 2.45) is 0 Å². The minimum atomic E-state index is -6.23. The third-order valence-corrected chi connectivity index (χ3v) is 2.58. The number of halogens is 3. The summed E-state index contributed by atoms with van der Waals surface area (Å²) in [5.41, 5.74) is -5.87. The predicted octanol–water partition coefficient (Wildman–Crippen LogP) is -6.32. The average molecular weight is 241 g/mol. The number of sulfonamides is 1. The molecule has 0 aromatic rings. The van der Waals surface area contributed by atoms with Gasteiger partial charge in [-0.1, -0.05) is 0 Å². The molecule has 13 heteroatoms. The van der Waals surface area contributed by atoms with Crippen LogP contribution >= 0.6 is 0 Å². The van der Waals surface area contributed by atoms with Crippen molar-refractivity contribution in [1.29, 1.82) is 0 Å². The molecule has 14 heavy (non-hydrogen) atoms. The van der Waals surface area contributed by atoms with Crippen LogP contribution in [0.2, 0.25) is 0 Å². The van der Waals surface area contributed by atoms with Gasteiger partial charge < -0.3 is 8.68 Å². The van der Waals surface area contributed by atoms with Crippen molar-refractivity contribution in [2.75, 3.05) is 0 Å². The van der Waals surface area contributed by atoms with E-state index in [1.807, 2.05) is 0 Å². The van der Waals surface area contributed by atoms with E-state index >= 15 is 0 Å². The van der Waals surface area contributed by atoms with Crippen molar-refractivity contribution in [3.8, 4) is 0 Å². The number of nitrogens with zero attached hydrogens (tertiary/aromatic N) is 1. The van der Waals surface area contributed by atoms with E-state index in [9.17, 15) is 34.6 Å². The van der Waals surface area contributed by atoms with Gasteiger partial charge >= 0.3 is 43.2 Å². The van der Waals surface area contributed by atoms with Gasteiger partial charge in [-0.15, -0.1) is 0 Å². The van der Waals surface area contributed by atoms with Crippen LogP contribution in [-0.2, 0) is 20.3 Å². The minimum Gasteiger partial charge on any atom is -0.763 e. The third-order valence-electron chi connectivity index (χ3n) is 0.482. The number of hydrogen-bond donors (Lipinski definition) is 0. The molecule has 0 aliphatic heterocycles. The van der Waals surface area contributed by atoms with E-state index in [4.69, 9.17) is 0 Å². The van der Waals surface area contributed by atoms with E-state index in [2.05, 4.69) is 0 Å². The van der Waals surface area contributed by atoms with Gasteiger partial charge in [-0.25, -0.2) is 8.42 Å². The molecule has 0 heterocycles.